The molecule has 0 saturated carbocycles. The lowest BCUT2D eigenvalue weighted by Crippen LogP contribution is -2.36. The fraction of sp³-hybridized carbons (Fsp3) is 0.417. The number of halogens is 3. The number of methoxy groups -OCH3 is 2. The maximum atomic E-state index is 13.2. The van der Waals surface area contributed by atoms with E-state index in [1.54, 1.807) is 11.0 Å². The van der Waals surface area contributed by atoms with Gasteiger partial charge < -0.3 is 24.4 Å². The Hall–Kier alpha value is -3.27. The van der Waals surface area contributed by atoms with Crippen molar-refractivity contribution in [3.8, 4) is 11.5 Å². The molecule has 10 heteroatoms. The van der Waals surface area contributed by atoms with Crippen molar-refractivity contribution in [1.82, 2.24) is 4.90 Å². The minimum absolute atomic E-state index is 0.215. The van der Waals surface area contributed by atoms with Gasteiger partial charge in [0.25, 0.3) is 11.8 Å². The zero-order valence-electron chi connectivity index (χ0n) is 19.0. The van der Waals surface area contributed by atoms with Crippen LogP contribution in [0.15, 0.2) is 36.4 Å². The number of ether oxygens (including phenoxy) is 3. The van der Waals surface area contributed by atoms with Crippen molar-refractivity contribution >= 4 is 17.5 Å². The summed E-state index contributed by atoms with van der Waals surface area (Å²) in [6.07, 6.45) is -1.50. The Kier molecular flexibility index (Phi) is 8.38. The van der Waals surface area contributed by atoms with E-state index < -0.39 is 18.7 Å². The molecule has 1 N–H and O–H groups in total. The smallest absolute Gasteiger partial charge is 0.411 e. The molecule has 34 heavy (non-hydrogen) atoms. The van der Waals surface area contributed by atoms with Crippen LogP contribution in [0.3, 0.4) is 0 Å². The molecule has 1 aliphatic heterocycles. The molecule has 2 aromatic rings. The van der Waals surface area contributed by atoms with E-state index in [1.165, 1.54) is 44.6 Å². The van der Waals surface area contributed by atoms with Gasteiger partial charge in [0.15, 0.2) is 11.5 Å². The molecule has 0 spiro atoms. The first kappa shape index (κ1) is 25.4. The minimum atomic E-state index is -4.40. The first-order chi connectivity index (χ1) is 16.2. The molecular formula is C24H27F3N2O5. The summed E-state index contributed by atoms with van der Waals surface area (Å²) in [5.41, 5.74) is 1.32. The van der Waals surface area contributed by atoms with E-state index in [1.807, 2.05) is 0 Å². The second-order valence-electron chi connectivity index (χ2n) is 7.86. The van der Waals surface area contributed by atoms with Crippen LogP contribution in [0.2, 0.25) is 0 Å². The van der Waals surface area contributed by atoms with Crippen LogP contribution in [0.25, 0.3) is 0 Å². The average Bonchev–Trinajstić information content (AvgIpc) is 2.83. The summed E-state index contributed by atoms with van der Waals surface area (Å²) < 4.78 is 52.0. The number of alkyl halides is 3. The third-order valence-corrected chi connectivity index (χ3v) is 5.40. The molecule has 7 nitrogen and oxygen atoms in total. The Bertz CT molecular complexity index is 1000. The maximum Gasteiger partial charge on any atom is 0.411 e. The van der Waals surface area contributed by atoms with Crippen molar-refractivity contribution in [3.05, 3.63) is 53.1 Å². The van der Waals surface area contributed by atoms with Crippen LogP contribution < -0.4 is 14.8 Å². The van der Waals surface area contributed by atoms with Gasteiger partial charge in [-0.2, -0.15) is 13.2 Å². The second kappa shape index (κ2) is 11.2. The Balaban J connectivity index is 1.79. The molecular weight excluding hydrogens is 453 g/mol. The molecule has 1 fully saturated rings. The van der Waals surface area contributed by atoms with Crippen molar-refractivity contribution in [2.45, 2.75) is 32.0 Å². The van der Waals surface area contributed by atoms with Crippen molar-refractivity contribution in [2.75, 3.05) is 39.2 Å². The highest BCUT2D eigenvalue weighted by Gasteiger charge is 2.27. The molecule has 3 rings (SSSR count). The lowest BCUT2D eigenvalue weighted by atomic mass is 10.1. The van der Waals surface area contributed by atoms with Crippen LogP contribution in [0.5, 0.6) is 11.5 Å². The van der Waals surface area contributed by atoms with Crippen molar-refractivity contribution in [2.24, 2.45) is 0 Å². The van der Waals surface area contributed by atoms with E-state index in [4.69, 9.17) is 9.47 Å². The highest BCUT2D eigenvalue weighted by atomic mass is 19.4. The SMILES string of the molecule is COc1cc(NC(=O)c2ccc(COCC(F)(F)F)cc2)c(C(=O)N2CCCCC2)cc1OC. The summed E-state index contributed by atoms with van der Waals surface area (Å²) in [5.74, 6) is 0.0185. The quantitative estimate of drug-likeness (QED) is 0.595. The van der Waals surface area contributed by atoms with E-state index in [9.17, 15) is 22.8 Å². The molecule has 0 unspecified atom stereocenters. The van der Waals surface area contributed by atoms with E-state index in [2.05, 4.69) is 10.1 Å². The fourth-order valence-electron chi connectivity index (χ4n) is 3.66. The van der Waals surface area contributed by atoms with Gasteiger partial charge in [-0.05, 0) is 43.0 Å². The number of amides is 2. The van der Waals surface area contributed by atoms with Crippen molar-refractivity contribution in [1.29, 1.82) is 0 Å². The Morgan fingerprint density at radius 2 is 1.59 bits per heavy atom. The van der Waals surface area contributed by atoms with Crippen molar-refractivity contribution < 1.29 is 37.0 Å². The third-order valence-electron chi connectivity index (χ3n) is 5.40. The van der Waals surface area contributed by atoms with Gasteiger partial charge in [0, 0.05) is 24.7 Å². The average molecular weight is 480 g/mol. The first-order valence-electron chi connectivity index (χ1n) is 10.8. The normalized spacial score (nSPS) is 14.0. The summed E-state index contributed by atoms with van der Waals surface area (Å²) in [5, 5.41) is 2.75. The van der Waals surface area contributed by atoms with Gasteiger partial charge in [-0.15, -0.1) is 0 Å². The molecule has 184 valence electrons. The highest BCUT2D eigenvalue weighted by molar-refractivity contribution is 6.09. The molecule has 1 aliphatic rings. The van der Waals surface area contributed by atoms with Gasteiger partial charge in [-0.25, -0.2) is 0 Å². The zero-order valence-corrected chi connectivity index (χ0v) is 19.0. The van der Waals surface area contributed by atoms with Gasteiger partial charge in [0.2, 0.25) is 0 Å². The van der Waals surface area contributed by atoms with Crippen LogP contribution in [0.4, 0.5) is 18.9 Å². The second-order valence-corrected chi connectivity index (χ2v) is 7.86. The number of hydrogen-bond donors (Lipinski definition) is 1. The summed E-state index contributed by atoms with van der Waals surface area (Å²) >= 11 is 0. The maximum absolute atomic E-state index is 13.2. The molecule has 1 saturated heterocycles. The number of nitrogens with zero attached hydrogens (tertiary/aromatic N) is 1. The molecule has 0 atom stereocenters. The molecule has 0 radical (unpaired) electrons. The Labute approximate surface area is 195 Å². The summed E-state index contributed by atoms with van der Waals surface area (Å²) in [7, 11) is 2.92. The van der Waals surface area contributed by atoms with Gasteiger partial charge in [0.05, 0.1) is 32.1 Å². The molecule has 2 aromatic carbocycles. The number of nitrogens with one attached hydrogen (secondary N) is 1. The molecule has 1 heterocycles. The van der Waals surface area contributed by atoms with Crippen LogP contribution in [0, 0.1) is 0 Å². The van der Waals surface area contributed by atoms with Gasteiger partial charge >= 0.3 is 6.18 Å². The van der Waals surface area contributed by atoms with E-state index in [0.29, 0.717) is 30.2 Å². The number of anilines is 1. The van der Waals surface area contributed by atoms with Gasteiger partial charge in [-0.1, -0.05) is 12.1 Å². The zero-order chi connectivity index (χ0) is 24.7. The molecule has 0 bridgehead atoms. The lowest BCUT2D eigenvalue weighted by molar-refractivity contribution is -0.176. The fourth-order valence-corrected chi connectivity index (χ4v) is 3.66. The van der Waals surface area contributed by atoms with Gasteiger partial charge in [-0.3, -0.25) is 9.59 Å². The first-order valence-corrected chi connectivity index (χ1v) is 10.8. The number of benzene rings is 2. The van der Waals surface area contributed by atoms with Crippen LogP contribution in [-0.4, -0.2) is 56.8 Å². The molecule has 0 aliphatic carbocycles. The Morgan fingerprint density at radius 3 is 2.18 bits per heavy atom. The molecule has 0 aromatic heterocycles. The summed E-state index contributed by atoms with van der Waals surface area (Å²) in [4.78, 5) is 27.8. The minimum Gasteiger partial charge on any atom is -0.493 e. The summed E-state index contributed by atoms with van der Waals surface area (Å²) in [6.45, 7) is -0.301. The van der Waals surface area contributed by atoms with Gasteiger partial charge in [0.1, 0.15) is 6.61 Å². The summed E-state index contributed by atoms with van der Waals surface area (Å²) in [6, 6.07) is 9.07. The standard InChI is InChI=1S/C24H27F3N2O5/c1-32-20-12-18(23(31)29-10-4-3-5-11-29)19(13-21(20)33-2)28-22(30)17-8-6-16(7-9-17)14-34-15-24(25,26)27/h6-9,12-13H,3-5,10-11,14-15H2,1-2H3,(H,28,30). The number of hydrogen-bond acceptors (Lipinski definition) is 5. The van der Waals surface area contributed by atoms with Crippen LogP contribution in [0.1, 0.15) is 45.5 Å². The highest BCUT2D eigenvalue weighted by Crippen LogP contribution is 2.34. The van der Waals surface area contributed by atoms with Crippen LogP contribution in [-0.2, 0) is 11.3 Å². The lowest BCUT2D eigenvalue weighted by Gasteiger charge is -2.28. The number of piperidine rings is 1. The topological polar surface area (TPSA) is 77.1 Å². The predicted molar refractivity (Wildman–Crippen MR) is 119 cm³/mol. The largest absolute Gasteiger partial charge is 0.493 e. The monoisotopic (exact) mass is 480 g/mol. The Morgan fingerprint density at radius 1 is 0.971 bits per heavy atom. The van der Waals surface area contributed by atoms with E-state index in [-0.39, 0.29) is 29.3 Å². The molecule has 2 amide bonds. The van der Waals surface area contributed by atoms with E-state index >= 15 is 0 Å². The number of likely N-dealkylation sites (tertiary alicyclic amines) is 1. The van der Waals surface area contributed by atoms with Crippen molar-refractivity contribution in [3.63, 3.8) is 0 Å². The third kappa shape index (κ3) is 6.63. The number of rotatable bonds is 8. The van der Waals surface area contributed by atoms with Crippen LogP contribution >= 0.6 is 0 Å². The number of carbonyl (C=O) groups is 2. The van der Waals surface area contributed by atoms with E-state index in [0.717, 1.165) is 19.3 Å². The number of carbonyl (C=O) groups excluding carboxylic acids is 2. The predicted octanol–water partition coefficient (Wildman–Crippen LogP) is 4.66.